The molecule has 3 aromatic carbocycles. The first-order valence-corrected chi connectivity index (χ1v) is 9.17. The molecule has 6 heteroatoms. The number of anilines is 1. The van der Waals surface area contributed by atoms with Crippen LogP contribution in [0.5, 0.6) is 28.7 Å². The van der Waals surface area contributed by atoms with Crippen LogP contribution >= 0.6 is 0 Å². The Hall–Kier alpha value is -3.67. The lowest BCUT2D eigenvalue weighted by Crippen LogP contribution is -2.12. The minimum absolute atomic E-state index is 0.238. The number of carbonyl (C=O) groups is 1. The van der Waals surface area contributed by atoms with Gasteiger partial charge in [0.15, 0.2) is 11.5 Å². The van der Waals surface area contributed by atoms with Gasteiger partial charge in [-0.1, -0.05) is 0 Å². The highest BCUT2D eigenvalue weighted by Gasteiger charge is 2.11. The van der Waals surface area contributed by atoms with Crippen LogP contribution in [0.2, 0.25) is 0 Å². The molecule has 0 bridgehead atoms. The van der Waals surface area contributed by atoms with Crippen molar-refractivity contribution in [3.8, 4) is 28.7 Å². The van der Waals surface area contributed by atoms with Gasteiger partial charge >= 0.3 is 0 Å². The number of rotatable bonds is 8. The molecule has 0 unspecified atom stereocenters. The largest absolute Gasteiger partial charge is 0.497 e. The molecule has 0 spiro atoms. The van der Waals surface area contributed by atoms with Crippen LogP contribution in [0, 0.1) is 0 Å². The predicted octanol–water partition coefficient (Wildman–Crippen LogP) is 5.15. The number of benzene rings is 3. The van der Waals surface area contributed by atoms with Gasteiger partial charge in [-0.25, -0.2) is 0 Å². The number of nitrogens with one attached hydrogen (secondary N) is 1. The van der Waals surface area contributed by atoms with Crippen LogP contribution in [0.3, 0.4) is 0 Å². The summed E-state index contributed by atoms with van der Waals surface area (Å²) in [5, 5.41) is 2.86. The molecule has 29 heavy (non-hydrogen) atoms. The van der Waals surface area contributed by atoms with Crippen molar-refractivity contribution in [3.05, 3.63) is 72.3 Å². The molecule has 0 aliphatic heterocycles. The summed E-state index contributed by atoms with van der Waals surface area (Å²) in [5.41, 5.74) is 1.14. The third-order valence-corrected chi connectivity index (χ3v) is 4.13. The van der Waals surface area contributed by atoms with Crippen LogP contribution in [0.15, 0.2) is 66.7 Å². The zero-order chi connectivity index (χ0) is 20.6. The standard InChI is InChI=1S/C23H23NO5/c1-4-28-22-15-16(5-14-21(22)27-3)23(25)24-17-6-8-19(9-7-17)29-20-12-10-18(26-2)11-13-20/h5-15H,4H2,1-3H3,(H,24,25). The van der Waals surface area contributed by atoms with Gasteiger partial charge in [0.1, 0.15) is 17.2 Å². The number of amides is 1. The summed E-state index contributed by atoms with van der Waals surface area (Å²) < 4.78 is 21.7. The first-order chi connectivity index (χ1) is 14.1. The van der Waals surface area contributed by atoms with Crippen LogP contribution in [0.4, 0.5) is 5.69 Å². The van der Waals surface area contributed by atoms with E-state index < -0.39 is 0 Å². The van der Waals surface area contributed by atoms with Gasteiger partial charge in [-0.15, -0.1) is 0 Å². The Morgan fingerprint density at radius 2 is 1.41 bits per heavy atom. The third kappa shape index (κ3) is 5.19. The first-order valence-electron chi connectivity index (χ1n) is 9.17. The van der Waals surface area contributed by atoms with Gasteiger partial charge in [-0.3, -0.25) is 4.79 Å². The molecule has 0 aliphatic carbocycles. The summed E-state index contributed by atoms with van der Waals surface area (Å²) in [4.78, 5) is 12.6. The van der Waals surface area contributed by atoms with E-state index in [1.165, 1.54) is 0 Å². The van der Waals surface area contributed by atoms with E-state index >= 15 is 0 Å². The smallest absolute Gasteiger partial charge is 0.255 e. The molecule has 0 saturated heterocycles. The Labute approximate surface area is 170 Å². The van der Waals surface area contributed by atoms with E-state index in [1.54, 1.807) is 56.7 Å². The van der Waals surface area contributed by atoms with E-state index in [0.29, 0.717) is 40.9 Å². The van der Waals surface area contributed by atoms with Crippen LogP contribution in [-0.4, -0.2) is 26.7 Å². The Morgan fingerprint density at radius 3 is 2.00 bits per heavy atom. The Balaban J connectivity index is 1.65. The van der Waals surface area contributed by atoms with Crippen molar-refractivity contribution in [2.24, 2.45) is 0 Å². The van der Waals surface area contributed by atoms with Gasteiger partial charge in [0.25, 0.3) is 5.91 Å². The Morgan fingerprint density at radius 1 is 0.793 bits per heavy atom. The molecule has 0 radical (unpaired) electrons. The molecule has 3 rings (SSSR count). The first kappa shape index (κ1) is 20.1. The SMILES string of the molecule is CCOc1cc(C(=O)Nc2ccc(Oc3ccc(OC)cc3)cc2)ccc1OC. The lowest BCUT2D eigenvalue weighted by molar-refractivity contribution is 0.102. The Bertz CT molecular complexity index is 952. The highest BCUT2D eigenvalue weighted by atomic mass is 16.5. The van der Waals surface area contributed by atoms with Crippen molar-refractivity contribution >= 4 is 11.6 Å². The molecule has 3 aromatic rings. The maximum atomic E-state index is 12.6. The molecule has 0 atom stereocenters. The quantitative estimate of drug-likeness (QED) is 0.573. The van der Waals surface area contributed by atoms with Crippen molar-refractivity contribution < 1.29 is 23.7 Å². The van der Waals surface area contributed by atoms with Crippen LogP contribution in [-0.2, 0) is 0 Å². The second kappa shape index (κ2) is 9.50. The van der Waals surface area contributed by atoms with Gasteiger partial charge in [-0.05, 0) is 73.7 Å². The van der Waals surface area contributed by atoms with E-state index in [9.17, 15) is 4.79 Å². The molecule has 0 heterocycles. The van der Waals surface area contributed by atoms with Crippen molar-refractivity contribution in [3.63, 3.8) is 0 Å². The summed E-state index contributed by atoms with van der Waals surface area (Å²) in [7, 11) is 3.18. The molecule has 150 valence electrons. The predicted molar refractivity (Wildman–Crippen MR) is 112 cm³/mol. The van der Waals surface area contributed by atoms with Gasteiger partial charge < -0.3 is 24.3 Å². The minimum Gasteiger partial charge on any atom is -0.497 e. The van der Waals surface area contributed by atoms with Crippen molar-refractivity contribution in [1.82, 2.24) is 0 Å². The lowest BCUT2D eigenvalue weighted by atomic mass is 10.2. The molecule has 0 aliphatic rings. The summed E-state index contributed by atoms with van der Waals surface area (Å²) in [6.45, 7) is 2.36. The van der Waals surface area contributed by atoms with E-state index in [4.69, 9.17) is 18.9 Å². The zero-order valence-electron chi connectivity index (χ0n) is 16.6. The molecule has 0 saturated carbocycles. The molecule has 6 nitrogen and oxygen atoms in total. The highest BCUT2D eigenvalue weighted by molar-refractivity contribution is 6.04. The van der Waals surface area contributed by atoms with Gasteiger partial charge in [0, 0.05) is 11.3 Å². The number of hydrogen-bond acceptors (Lipinski definition) is 5. The van der Waals surface area contributed by atoms with Crippen molar-refractivity contribution in [2.45, 2.75) is 6.92 Å². The third-order valence-electron chi connectivity index (χ3n) is 4.13. The lowest BCUT2D eigenvalue weighted by Gasteiger charge is -2.12. The summed E-state index contributed by atoms with van der Waals surface area (Å²) >= 11 is 0. The molecule has 0 aromatic heterocycles. The average molecular weight is 393 g/mol. The second-order valence-electron chi connectivity index (χ2n) is 6.05. The number of carbonyl (C=O) groups excluding carboxylic acids is 1. The number of hydrogen-bond donors (Lipinski definition) is 1. The fraction of sp³-hybridized carbons (Fsp3) is 0.174. The van der Waals surface area contributed by atoms with Gasteiger partial charge in [0.05, 0.1) is 20.8 Å². The highest BCUT2D eigenvalue weighted by Crippen LogP contribution is 2.29. The maximum absolute atomic E-state index is 12.6. The van der Waals surface area contributed by atoms with Crippen molar-refractivity contribution in [1.29, 1.82) is 0 Å². The monoisotopic (exact) mass is 393 g/mol. The normalized spacial score (nSPS) is 10.2. The average Bonchev–Trinajstić information content (AvgIpc) is 2.76. The van der Waals surface area contributed by atoms with Crippen LogP contribution < -0.4 is 24.3 Å². The fourth-order valence-corrected chi connectivity index (χ4v) is 2.68. The van der Waals surface area contributed by atoms with E-state index in [-0.39, 0.29) is 5.91 Å². The number of ether oxygens (including phenoxy) is 4. The summed E-state index contributed by atoms with van der Waals surface area (Å²) in [6, 6.07) is 19.5. The second-order valence-corrected chi connectivity index (χ2v) is 6.05. The van der Waals surface area contributed by atoms with Gasteiger partial charge in [-0.2, -0.15) is 0 Å². The molecular formula is C23H23NO5. The van der Waals surface area contributed by atoms with E-state index in [0.717, 1.165) is 5.75 Å². The molecular weight excluding hydrogens is 370 g/mol. The van der Waals surface area contributed by atoms with Crippen molar-refractivity contribution in [2.75, 3.05) is 26.1 Å². The van der Waals surface area contributed by atoms with Gasteiger partial charge in [0.2, 0.25) is 0 Å². The zero-order valence-corrected chi connectivity index (χ0v) is 16.6. The fourth-order valence-electron chi connectivity index (χ4n) is 2.68. The minimum atomic E-state index is -0.238. The summed E-state index contributed by atoms with van der Waals surface area (Å²) in [6.07, 6.45) is 0. The van der Waals surface area contributed by atoms with Crippen LogP contribution in [0.25, 0.3) is 0 Å². The van der Waals surface area contributed by atoms with E-state index in [1.807, 2.05) is 31.2 Å². The molecule has 1 N–H and O–H groups in total. The number of methoxy groups -OCH3 is 2. The van der Waals surface area contributed by atoms with E-state index in [2.05, 4.69) is 5.32 Å². The van der Waals surface area contributed by atoms with Crippen LogP contribution in [0.1, 0.15) is 17.3 Å². The molecule has 0 fully saturated rings. The Kier molecular flexibility index (Phi) is 6.58. The topological polar surface area (TPSA) is 66.0 Å². The summed E-state index contributed by atoms with van der Waals surface area (Å²) in [5.74, 6) is 3.01. The molecule has 1 amide bonds. The maximum Gasteiger partial charge on any atom is 0.255 e.